The number of rotatable bonds is 6. The molecule has 1 atom stereocenters. The first-order chi connectivity index (χ1) is 8.75. The van der Waals surface area contributed by atoms with Gasteiger partial charge in [0, 0.05) is 13.0 Å². The second-order valence-corrected chi connectivity index (χ2v) is 4.94. The van der Waals surface area contributed by atoms with Crippen LogP contribution in [-0.2, 0) is 15.9 Å². The van der Waals surface area contributed by atoms with Crippen LogP contribution in [-0.4, -0.2) is 37.9 Å². The second-order valence-electron chi connectivity index (χ2n) is 4.94. The van der Waals surface area contributed by atoms with Crippen LogP contribution in [0.15, 0.2) is 10.6 Å². The lowest BCUT2D eigenvalue weighted by Gasteiger charge is -2.20. The Bertz CT molecular complexity index is 346. The van der Waals surface area contributed by atoms with Crippen molar-refractivity contribution in [2.45, 2.75) is 26.4 Å². The van der Waals surface area contributed by atoms with Gasteiger partial charge in [0.25, 0.3) is 0 Å². The molecule has 1 unspecified atom stereocenters. The Kier molecular flexibility index (Phi) is 5.16. The highest BCUT2D eigenvalue weighted by atomic mass is 16.6. The molecule has 1 fully saturated rings. The lowest BCUT2D eigenvalue weighted by Crippen LogP contribution is -2.22. The second kappa shape index (κ2) is 6.87. The van der Waals surface area contributed by atoms with Gasteiger partial charge in [0.15, 0.2) is 11.7 Å². The quantitative estimate of drug-likeness (QED) is 0.781. The van der Waals surface area contributed by atoms with Gasteiger partial charge in [-0.05, 0) is 12.5 Å². The molecule has 0 amide bonds. The molecule has 5 heteroatoms. The maximum atomic E-state index is 5.67. The van der Waals surface area contributed by atoms with Gasteiger partial charge in [0.2, 0.25) is 0 Å². The van der Waals surface area contributed by atoms with E-state index in [1.807, 2.05) is 0 Å². The summed E-state index contributed by atoms with van der Waals surface area (Å²) < 4.78 is 16.6. The first kappa shape index (κ1) is 13.5. The van der Waals surface area contributed by atoms with Gasteiger partial charge in [0.05, 0.1) is 26.0 Å². The van der Waals surface area contributed by atoms with E-state index in [0.29, 0.717) is 25.7 Å². The molecule has 0 bridgehead atoms. The van der Waals surface area contributed by atoms with Crippen molar-refractivity contribution in [3.63, 3.8) is 0 Å². The number of oxazole rings is 1. The molecular formula is C13H22N2O3. The number of aromatic nitrogens is 1. The summed E-state index contributed by atoms with van der Waals surface area (Å²) in [4.78, 5) is 4.27. The standard InChI is InChI=1S/C13H22N2O3/c1-10(2)7-14-4-3-13-15-8-11(18-13)12-9-16-5-6-17-12/h8,10,12,14H,3-7,9H2,1-2H3. The van der Waals surface area contributed by atoms with Gasteiger partial charge >= 0.3 is 0 Å². The maximum absolute atomic E-state index is 5.67. The van der Waals surface area contributed by atoms with Gasteiger partial charge in [-0.25, -0.2) is 4.98 Å². The minimum Gasteiger partial charge on any atom is -0.443 e. The molecule has 1 N–H and O–H groups in total. The van der Waals surface area contributed by atoms with Crippen LogP contribution in [0.3, 0.4) is 0 Å². The fraction of sp³-hybridized carbons (Fsp3) is 0.769. The van der Waals surface area contributed by atoms with Gasteiger partial charge < -0.3 is 19.2 Å². The lowest BCUT2D eigenvalue weighted by atomic mass is 10.2. The van der Waals surface area contributed by atoms with Crippen molar-refractivity contribution in [2.75, 3.05) is 32.9 Å². The molecule has 102 valence electrons. The number of nitrogens with one attached hydrogen (secondary N) is 1. The number of hydrogen-bond acceptors (Lipinski definition) is 5. The summed E-state index contributed by atoms with van der Waals surface area (Å²) in [6.45, 7) is 8.13. The molecule has 2 heterocycles. The monoisotopic (exact) mass is 254 g/mol. The van der Waals surface area contributed by atoms with Crippen LogP contribution in [0.4, 0.5) is 0 Å². The number of hydrogen-bond donors (Lipinski definition) is 1. The maximum Gasteiger partial charge on any atom is 0.195 e. The Morgan fingerprint density at radius 3 is 3.06 bits per heavy atom. The highest BCUT2D eigenvalue weighted by molar-refractivity contribution is 4.99. The lowest BCUT2D eigenvalue weighted by molar-refractivity contribution is -0.0978. The Labute approximate surface area is 108 Å². The molecule has 1 aromatic heterocycles. The van der Waals surface area contributed by atoms with Crippen LogP contribution in [0.5, 0.6) is 0 Å². The fourth-order valence-corrected chi connectivity index (χ4v) is 1.83. The Balaban J connectivity index is 1.75. The molecular weight excluding hydrogens is 232 g/mol. The Morgan fingerprint density at radius 1 is 1.44 bits per heavy atom. The zero-order valence-corrected chi connectivity index (χ0v) is 11.1. The van der Waals surface area contributed by atoms with Crippen molar-refractivity contribution in [3.05, 3.63) is 17.8 Å². The topological polar surface area (TPSA) is 56.5 Å². The summed E-state index contributed by atoms with van der Waals surface area (Å²) in [5, 5.41) is 3.37. The van der Waals surface area contributed by atoms with Crippen LogP contribution in [0.1, 0.15) is 31.6 Å². The summed E-state index contributed by atoms with van der Waals surface area (Å²) in [5.41, 5.74) is 0. The number of nitrogens with zero attached hydrogens (tertiary/aromatic N) is 1. The van der Waals surface area contributed by atoms with Crippen molar-refractivity contribution < 1.29 is 13.9 Å². The van der Waals surface area contributed by atoms with E-state index in [-0.39, 0.29) is 6.10 Å². The van der Waals surface area contributed by atoms with Gasteiger partial charge in [-0.15, -0.1) is 0 Å². The molecule has 18 heavy (non-hydrogen) atoms. The third-order valence-corrected chi connectivity index (χ3v) is 2.77. The van der Waals surface area contributed by atoms with Crippen LogP contribution >= 0.6 is 0 Å². The average molecular weight is 254 g/mol. The fourth-order valence-electron chi connectivity index (χ4n) is 1.83. The van der Waals surface area contributed by atoms with Gasteiger partial charge in [-0.1, -0.05) is 13.8 Å². The summed E-state index contributed by atoms with van der Waals surface area (Å²) in [6, 6.07) is 0. The molecule has 0 aliphatic carbocycles. The SMILES string of the molecule is CC(C)CNCCc1ncc(C2COCCO2)o1. The van der Waals surface area contributed by atoms with Crippen molar-refractivity contribution in [1.82, 2.24) is 10.3 Å². The molecule has 0 radical (unpaired) electrons. The van der Waals surface area contributed by atoms with E-state index in [0.717, 1.165) is 31.2 Å². The van der Waals surface area contributed by atoms with Gasteiger partial charge in [-0.2, -0.15) is 0 Å². The Morgan fingerprint density at radius 2 is 2.33 bits per heavy atom. The minimum atomic E-state index is -0.0939. The molecule has 1 saturated heterocycles. The molecule has 1 aromatic rings. The molecule has 0 aromatic carbocycles. The Hall–Kier alpha value is -0.910. The van der Waals surface area contributed by atoms with E-state index in [4.69, 9.17) is 13.9 Å². The van der Waals surface area contributed by atoms with Crippen LogP contribution in [0, 0.1) is 5.92 Å². The first-order valence-corrected chi connectivity index (χ1v) is 6.60. The third-order valence-electron chi connectivity index (χ3n) is 2.77. The normalized spacial score (nSPS) is 20.5. The largest absolute Gasteiger partial charge is 0.443 e. The van der Waals surface area contributed by atoms with Gasteiger partial charge in [0.1, 0.15) is 6.10 Å². The average Bonchev–Trinajstić information content (AvgIpc) is 2.84. The van der Waals surface area contributed by atoms with Crippen molar-refractivity contribution >= 4 is 0 Å². The molecule has 5 nitrogen and oxygen atoms in total. The number of ether oxygens (including phenoxy) is 2. The van der Waals surface area contributed by atoms with E-state index >= 15 is 0 Å². The van der Waals surface area contributed by atoms with Gasteiger partial charge in [-0.3, -0.25) is 0 Å². The smallest absolute Gasteiger partial charge is 0.195 e. The first-order valence-electron chi connectivity index (χ1n) is 6.60. The zero-order valence-electron chi connectivity index (χ0n) is 11.1. The predicted octanol–water partition coefficient (Wildman–Crippen LogP) is 1.55. The summed E-state index contributed by atoms with van der Waals surface area (Å²) in [6.07, 6.45) is 2.46. The molecule has 0 saturated carbocycles. The van der Waals surface area contributed by atoms with E-state index in [1.165, 1.54) is 0 Å². The zero-order chi connectivity index (χ0) is 12.8. The van der Waals surface area contributed by atoms with E-state index in [9.17, 15) is 0 Å². The van der Waals surface area contributed by atoms with Crippen molar-refractivity contribution in [1.29, 1.82) is 0 Å². The molecule has 1 aliphatic heterocycles. The minimum absolute atomic E-state index is 0.0939. The van der Waals surface area contributed by atoms with Crippen molar-refractivity contribution in [3.8, 4) is 0 Å². The summed E-state index contributed by atoms with van der Waals surface area (Å²) >= 11 is 0. The third kappa shape index (κ3) is 4.08. The van der Waals surface area contributed by atoms with Crippen LogP contribution in [0.2, 0.25) is 0 Å². The van der Waals surface area contributed by atoms with E-state index < -0.39 is 0 Å². The predicted molar refractivity (Wildman–Crippen MR) is 67.4 cm³/mol. The molecule has 0 spiro atoms. The highest BCUT2D eigenvalue weighted by Gasteiger charge is 2.20. The van der Waals surface area contributed by atoms with E-state index in [2.05, 4.69) is 24.1 Å². The summed E-state index contributed by atoms with van der Waals surface area (Å²) in [7, 11) is 0. The van der Waals surface area contributed by atoms with E-state index in [1.54, 1.807) is 6.20 Å². The van der Waals surface area contributed by atoms with Crippen LogP contribution in [0.25, 0.3) is 0 Å². The summed E-state index contributed by atoms with van der Waals surface area (Å²) in [5.74, 6) is 2.20. The highest BCUT2D eigenvalue weighted by Crippen LogP contribution is 2.21. The molecule has 1 aliphatic rings. The van der Waals surface area contributed by atoms with Crippen LogP contribution < -0.4 is 5.32 Å². The van der Waals surface area contributed by atoms with Crippen molar-refractivity contribution in [2.24, 2.45) is 5.92 Å². The molecule has 2 rings (SSSR count).